The second-order valence-electron chi connectivity index (χ2n) is 16.0. The van der Waals surface area contributed by atoms with Crippen molar-refractivity contribution in [2.75, 3.05) is 7.11 Å². The number of sulfonamides is 1. The van der Waals surface area contributed by atoms with Gasteiger partial charge in [0.2, 0.25) is 5.91 Å². The van der Waals surface area contributed by atoms with Crippen LogP contribution in [0.5, 0.6) is 17.2 Å². The van der Waals surface area contributed by atoms with Gasteiger partial charge in [-0.15, -0.1) is 6.58 Å². The molecule has 2 aliphatic carbocycles. The maximum atomic E-state index is 14.4. The molecule has 7 rings (SSSR count). The zero-order valence-electron chi connectivity index (χ0n) is 33.8. The number of ether oxygens (including phenoxy) is 4. The lowest BCUT2D eigenvalue weighted by Crippen LogP contribution is -2.55. The lowest BCUT2D eigenvalue weighted by Gasteiger charge is -2.26. The summed E-state index contributed by atoms with van der Waals surface area (Å²) >= 11 is 0. The second-order valence-corrected chi connectivity index (χ2v) is 17.7. The van der Waals surface area contributed by atoms with Gasteiger partial charge in [-0.05, 0) is 63.4 Å². The Morgan fingerprint density at radius 1 is 0.900 bits per heavy atom. The lowest BCUT2D eigenvalue weighted by atomic mass is 10.0. The summed E-state index contributed by atoms with van der Waals surface area (Å²) in [6.45, 7) is 9.24. The number of methoxy groups -OCH3 is 1. The van der Waals surface area contributed by atoms with Crippen LogP contribution in [0.15, 0.2) is 127 Å². The molecule has 0 aliphatic heterocycles. The number of pyridine rings is 1. The zero-order chi connectivity index (χ0) is 42.7. The van der Waals surface area contributed by atoms with Crippen molar-refractivity contribution >= 4 is 38.8 Å². The predicted molar refractivity (Wildman–Crippen MR) is 226 cm³/mol. The molecule has 0 saturated heterocycles. The largest absolute Gasteiger partial charge is 0.497 e. The van der Waals surface area contributed by atoms with E-state index in [0.29, 0.717) is 28.5 Å². The minimum absolute atomic E-state index is 0.120. The van der Waals surface area contributed by atoms with E-state index >= 15 is 0 Å². The van der Waals surface area contributed by atoms with Crippen molar-refractivity contribution in [3.8, 4) is 28.5 Å². The Balaban J connectivity index is 1.11. The Bertz CT molecular complexity index is 2510. The van der Waals surface area contributed by atoms with Gasteiger partial charge in [-0.2, -0.15) is 0 Å². The smallest absolute Gasteiger partial charge is 0.407 e. The highest BCUT2D eigenvalue weighted by atomic mass is 32.2. The highest BCUT2D eigenvalue weighted by Crippen LogP contribution is 2.46. The number of rotatable bonds is 14. The Morgan fingerprint density at radius 3 is 2.32 bits per heavy atom. The molecule has 5 atom stereocenters. The number of carbonyl (C=O) groups excluding carboxylic acids is 3. The average molecular weight is 833 g/mol. The van der Waals surface area contributed by atoms with Gasteiger partial charge < -0.3 is 29.6 Å². The van der Waals surface area contributed by atoms with Gasteiger partial charge >= 0.3 is 6.09 Å². The lowest BCUT2D eigenvalue weighted by molar-refractivity contribution is -0.132. The molecule has 1 aromatic heterocycles. The number of nitrogens with zero attached hydrogens (tertiary/aromatic N) is 1. The van der Waals surface area contributed by atoms with Crippen LogP contribution < -0.4 is 29.6 Å². The zero-order valence-corrected chi connectivity index (χ0v) is 34.7. The molecule has 1 heterocycles. The summed E-state index contributed by atoms with van der Waals surface area (Å²) in [6.07, 6.45) is 0.706. The van der Waals surface area contributed by atoms with E-state index in [0.717, 1.165) is 16.5 Å². The van der Waals surface area contributed by atoms with Crippen LogP contribution in [-0.2, 0) is 31.0 Å². The number of hydrogen-bond donors (Lipinski definition) is 3. The van der Waals surface area contributed by atoms with Crippen molar-refractivity contribution in [1.29, 1.82) is 0 Å². The van der Waals surface area contributed by atoms with E-state index in [1.807, 2.05) is 84.9 Å². The number of fused-ring (bicyclic) bond motifs is 1. The maximum Gasteiger partial charge on any atom is 0.407 e. The number of aromatic nitrogens is 1. The van der Waals surface area contributed by atoms with Gasteiger partial charge in [0.25, 0.3) is 15.9 Å². The molecule has 13 nitrogen and oxygen atoms in total. The molecule has 312 valence electrons. The topological polar surface area (TPSA) is 171 Å². The number of carbonyl (C=O) groups is 3. The quantitative estimate of drug-likeness (QED) is 0.0981. The molecule has 14 heteroatoms. The van der Waals surface area contributed by atoms with Gasteiger partial charge in [-0.25, -0.2) is 22.9 Å². The van der Waals surface area contributed by atoms with Crippen LogP contribution in [0.3, 0.4) is 0 Å². The van der Waals surface area contributed by atoms with Gasteiger partial charge in [0, 0.05) is 47.5 Å². The molecule has 0 bridgehead atoms. The van der Waals surface area contributed by atoms with Gasteiger partial charge in [-0.3, -0.25) is 9.59 Å². The molecule has 5 unspecified atom stereocenters. The molecular weight excluding hydrogens is 785 g/mol. The molecule has 2 aliphatic rings. The van der Waals surface area contributed by atoms with E-state index in [-0.39, 0.29) is 30.8 Å². The Hall–Kier alpha value is -6.41. The fourth-order valence-electron chi connectivity index (χ4n) is 7.42. The fraction of sp³-hybridized carbons (Fsp3) is 0.304. The van der Waals surface area contributed by atoms with Crippen LogP contribution in [-0.4, -0.2) is 61.7 Å². The number of hydrogen-bond acceptors (Lipinski definition) is 10. The Kier molecular flexibility index (Phi) is 11.9. The standard InChI is InChI=1S/C46H48N4O9S/c1-6-31-27-46(31,43(52)50-60(54,55)35-19-13-18-33(22-35)57-28-29-14-9-7-10-15-29)49-42(51)37-23-34(25-40(37)48-44(53)59-45(2,3)4)58-41-26-38(30-16-11-8-12-17-30)47-39-24-32(56-5)20-21-36(39)41/h6-22,24,26,31,34,37,40H,1,23,25,27-28H2,2-5H3,(H,48,53)(H,49,51)(H,50,52). The second kappa shape index (κ2) is 17.1. The Morgan fingerprint density at radius 2 is 1.63 bits per heavy atom. The first kappa shape index (κ1) is 41.7. The molecule has 0 radical (unpaired) electrons. The average Bonchev–Trinajstić information content (AvgIpc) is 3.81. The van der Waals surface area contributed by atoms with Crippen molar-refractivity contribution in [2.24, 2.45) is 11.8 Å². The van der Waals surface area contributed by atoms with Gasteiger partial charge in [0.1, 0.15) is 41.1 Å². The van der Waals surface area contributed by atoms with Crippen molar-refractivity contribution in [3.05, 3.63) is 127 Å². The minimum Gasteiger partial charge on any atom is -0.497 e. The molecule has 5 aromatic rings. The number of alkyl carbamates (subject to hydrolysis) is 1. The summed E-state index contributed by atoms with van der Waals surface area (Å²) in [4.78, 5) is 46.2. The van der Waals surface area contributed by atoms with Gasteiger partial charge in [0.05, 0.1) is 29.1 Å². The van der Waals surface area contributed by atoms with E-state index in [1.54, 1.807) is 33.9 Å². The van der Waals surface area contributed by atoms with Crippen LogP contribution in [0.4, 0.5) is 4.79 Å². The van der Waals surface area contributed by atoms with Gasteiger partial charge in [0.15, 0.2) is 0 Å². The third kappa shape index (κ3) is 9.55. The Labute approximate surface area is 349 Å². The van der Waals surface area contributed by atoms with Crippen molar-refractivity contribution in [2.45, 2.75) is 74.8 Å². The minimum atomic E-state index is -4.40. The molecule has 3 N–H and O–H groups in total. The predicted octanol–water partition coefficient (Wildman–Crippen LogP) is 7.11. The highest BCUT2D eigenvalue weighted by molar-refractivity contribution is 7.90. The first-order valence-electron chi connectivity index (χ1n) is 19.7. The molecule has 3 amide bonds. The SMILES string of the molecule is C=CC1CC1(NC(=O)C1CC(Oc2cc(-c3ccccc3)nc3cc(OC)ccc23)CC1NC(=O)OC(C)(C)C)C(=O)NS(=O)(=O)c1cccc(OCc2ccccc2)c1. The highest BCUT2D eigenvalue weighted by Gasteiger charge is 2.61. The van der Waals surface area contributed by atoms with E-state index in [4.69, 9.17) is 23.9 Å². The third-order valence-corrected chi connectivity index (χ3v) is 11.9. The molecule has 0 spiro atoms. The molecule has 60 heavy (non-hydrogen) atoms. The summed E-state index contributed by atoms with van der Waals surface area (Å²) < 4.78 is 52.9. The normalized spacial score (nSPS) is 21.0. The first-order valence-corrected chi connectivity index (χ1v) is 21.1. The monoisotopic (exact) mass is 832 g/mol. The van der Waals surface area contributed by atoms with Crippen molar-refractivity contribution < 1.29 is 41.7 Å². The van der Waals surface area contributed by atoms with Crippen molar-refractivity contribution in [1.82, 2.24) is 20.3 Å². The summed E-state index contributed by atoms with van der Waals surface area (Å²) in [7, 11) is -2.82. The van der Waals surface area contributed by atoms with Gasteiger partial charge in [-0.1, -0.05) is 72.8 Å². The number of nitrogens with one attached hydrogen (secondary N) is 3. The molecule has 2 fully saturated rings. The number of amides is 3. The van der Waals surface area contributed by atoms with E-state index in [1.165, 1.54) is 24.3 Å². The van der Waals surface area contributed by atoms with Crippen LogP contribution in [0, 0.1) is 11.8 Å². The van der Waals surface area contributed by atoms with E-state index < -0.39 is 63.1 Å². The van der Waals surface area contributed by atoms with Crippen molar-refractivity contribution in [3.63, 3.8) is 0 Å². The summed E-state index contributed by atoms with van der Waals surface area (Å²) in [5.41, 5.74) is 0.659. The summed E-state index contributed by atoms with van der Waals surface area (Å²) in [5.74, 6) is -1.49. The van der Waals surface area contributed by atoms with E-state index in [9.17, 15) is 22.8 Å². The van der Waals surface area contributed by atoms with Crippen LogP contribution in [0.25, 0.3) is 22.2 Å². The summed E-state index contributed by atoms with van der Waals surface area (Å²) in [6, 6.07) is 31.4. The summed E-state index contributed by atoms with van der Waals surface area (Å²) in [5, 5.41) is 6.44. The maximum absolute atomic E-state index is 14.4. The molecule has 2 saturated carbocycles. The fourth-order valence-corrected chi connectivity index (χ4v) is 8.50. The third-order valence-electron chi connectivity index (χ3n) is 10.5. The first-order chi connectivity index (χ1) is 28.7. The molecule has 4 aromatic carbocycles. The van der Waals surface area contributed by atoms with Crippen LogP contribution >= 0.6 is 0 Å². The van der Waals surface area contributed by atoms with Crippen LogP contribution in [0.2, 0.25) is 0 Å². The molecular formula is C46H48N4O9S. The number of benzene rings is 4. The van der Waals surface area contributed by atoms with Crippen LogP contribution in [0.1, 0.15) is 45.6 Å². The van der Waals surface area contributed by atoms with E-state index in [2.05, 4.69) is 21.9 Å².